The number of aromatic nitrogens is 1. The van der Waals surface area contributed by atoms with E-state index in [4.69, 9.17) is 4.74 Å². The van der Waals surface area contributed by atoms with E-state index in [0.717, 1.165) is 32.5 Å². The highest BCUT2D eigenvalue weighted by Crippen LogP contribution is 2.15. The number of thiazole rings is 1. The third-order valence-electron chi connectivity index (χ3n) is 3.12. The van der Waals surface area contributed by atoms with Crippen LogP contribution in [0.2, 0.25) is 0 Å². The molecule has 4 heteroatoms. The molecule has 17 heavy (non-hydrogen) atoms. The second kappa shape index (κ2) is 7.09. The zero-order chi connectivity index (χ0) is 11.9. The van der Waals surface area contributed by atoms with Crippen molar-refractivity contribution in [3.05, 3.63) is 16.1 Å². The topological polar surface area (TPSA) is 34.2 Å². The monoisotopic (exact) mass is 254 g/mol. The van der Waals surface area contributed by atoms with Crippen LogP contribution in [0.1, 0.15) is 42.5 Å². The number of rotatable bonds is 6. The lowest BCUT2D eigenvalue weighted by atomic mass is 10.1. The van der Waals surface area contributed by atoms with Crippen molar-refractivity contribution in [1.82, 2.24) is 10.3 Å². The summed E-state index contributed by atoms with van der Waals surface area (Å²) in [5, 5.41) is 4.71. The predicted octanol–water partition coefficient (Wildman–Crippen LogP) is 2.75. The van der Waals surface area contributed by atoms with Crippen LogP contribution < -0.4 is 5.32 Å². The average molecular weight is 254 g/mol. The minimum Gasteiger partial charge on any atom is -0.378 e. The van der Waals surface area contributed by atoms with E-state index in [2.05, 4.69) is 17.2 Å². The van der Waals surface area contributed by atoms with E-state index in [-0.39, 0.29) is 0 Å². The second-order valence-corrected chi connectivity index (χ2v) is 5.73. The minimum atomic E-state index is 0.490. The summed E-state index contributed by atoms with van der Waals surface area (Å²) in [6.07, 6.45) is 8.48. The molecular weight excluding hydrogens is 232 g/mol. The smallest absolute Gasteiger partial charge is 0.0925 e. The van der Waals surface area contributed by atoms with E-state index in [9.17, 15) is 0 Å². The van der Waals surface area contributed by atoms with Gasteiger partial charge in [0.1, 0.15) is 0 Å². The van der Waals surface area contributed by atoms with Crippen LogP contribution in [-0.4, -0.2) is 24.2 Å². The molecule has 1 fully saturated rings. The van der Waals surface area contributed by atoms with E-state index in [1.165, 1.54) is 29.1 Å². The van der Waals surface area contributed by atoms with Gasteiger partial charge in [-0.2, -0.15) is 0 Å². The first-order valence-electron chi connectivity index (χ1n) is 6.64. The molecule has 0 aromatic carbocycles. The van der Waals surface area contributed by atoms with Gasteiger partial charge in [0.2, 0.25) is 0 Å². The van der Waals surface area contributed by atoms with Crippen LogP contribution in [-0.2, 0) is 17.7 Å². The van der Waals surface area contributed by atoms with Crippen LogP contribution >= 0.6 is 11.3 Å². The van der Waals surface area contributed by atoms with E-state index in [0.29, 0.717) is 6.10 Å². The van der Waals surface area contributed by atoms with Gasteiger partial charge in [-0.1, -0.05) is 6.92 Å². The third kappa shape index (κ3) is 4.37. The highest BCUT2D eigenvalue weighted by atomic mass is 32.1. The lowest BCUT2D eigenvalue weighted by Gasteiger charge is -2.22. The van der Waals surface area contributed by atoms with Crippen molar-refractivity contribution in [2.75, 3.05) is 13.2 Å². The molecule has 3 nitrogen and oxygen atoms in total. The van der Waals surface area contributed by atoms with Crippen molar-refractivity contribution in [3.63, 3.8) is 0 Å². The Morgan fingerprint density at radius 3 is 3.18 bits per heavy atom. The lowest BCUT2D eigenvalue weighted by molar-refractivity contribution is 0.0115. The molecule has 0 bridgehead atoms. The first kappa shape index (κ1) is 13.0. The van der Waals surface area contributed by atoms with Gasteiger partial charge in [0.25, 0.3) is 0 Å². The van der Waals surface area contributed by atoms with Crippen LogP contribution in [0.25, 0.3) is 0 Å². The Bertz CT molecular complexity index is 321. The molecule has 0 radical (unpaired) electrons. The number of ether oxygens (including phenoxy) is 1. The normalized spacial score (nSPS) is 20.6. The number of hydrogen-bond acceptors (Lipinski definition) is 4. The van der Waals surface area contributed by atoms with Gasteiger partial charge in [0.15, 0.2) is 0 Å². The van der Waals surface area contributed by atoms with Crippen molar-refractivity contribution in [2.45, 2.75) is 51.7 Å². The van der Waals surface area contributed by atoms with Gasteiger partial charge in [-0.15, -0.1) is 11.3 Å². The van der Waals surface area contributed by atoms with Crippen molar-refractivity contribution < 1.29 is 4.74 Å². The number of nitrogens with zero attached hydrogens (tertiary/aromatic N) is 1. The zero-order valence-electron chi connectivity index (χ0n) is 10.6. The van der Waals surface area contributed by atoms with Crippen LogP contribution in [0.15, 0.2) is 6.20 Å². The van der Waals surface area contributed by atoms with Crippen LogP contribution in [0, 0.1) is 0 Å². The Hall–Kier alpha value is -0.450. The molecule has 1 aromatic rings. The molecule has 1 unspecified atom stereocenters. The minimum absolute atomic E-state index is 0.490. The summed E-state index contributed by atoms with van der Waals surface area (Å²) in [7, 11) is 0. The first-order valence-corrected chi connectivity index (χ1v) is 7.46. The third-order valence-corrected chi connectivity index (χ3v) is 4.26. The van der Waals surface area contributed by atoms with Crippen LogP contribution in [0.5, 0.6) is 0 Å². The van der Waals surface area contributed by atoms with Gasteiger partial charge in [-0.05, 0) is 38.6 Å². The van der Waals surface area contributed by atoms with Crippen molar-refractivity contribution in [1.29, 1.82) is 0 Å². The maximum Gasteiger partial charge on any atom is 0.0925 e. The maximum absolute atomic E-state index is 5.70. The maximum atomic E-state index is 5.70. The molecule has 0 saturated carbocycles. The summed E-state index contributed by atoms with van der Waals surface area (Å²) in [6.45, 7) is 5.10. The van der Waals surface area contributed by atoms with Crippen molar-refractivity contribution in [3.8, 4) is 0 Å². The molecule has 1 saturated heterocycles. The predicted molar refractivity (Wildman–Crippen MR) is 71.4 cm³/mol. The standard InChI is InChI=1S/C13H22N2OS/c1-2-13-15-10-12(17-13)9-14-7-6-11-5-3-4-8-16-11/h10-11,14H,2-9H2,1H3. The molecule has 2 rings (SSSR count). The summed E-state index contributed by atoms with van der Waals surface area (Å²) in [6, 6.07) is 0. The van der Waals surface area contributed by atoms with Crippen molar-refractivity contribution >= 4 is 11.3 Å². The SMILES string of the molecule is CCc1ncc(CNCCC2CCCCO2)s1. The second-order valence-electron chi connectivity index (χ2n) is 4.53. The Kier molecular flexibility index (Phi) is 5.42. The summed E-state index contributed by atoms with van der Waals surface area (Å²) < 4.78 is 5.70. The number of nitrogens with one attached hydrogen (secondary N) is 1. The molecule has 1 N–H and O–H groups in total. The van der Waals surface area contributed by atoms with Crippen molar-refractivity contribution in [2.24, 2.45) is 0 Å². The molecule has 1 aliphatic rings. The molecule has 2 heterocycles. The number of aryl methyl sites for hydroxylation is 1. The fraction of sp³-hybridized carbons (Fsp3) is 0.769. The van der Waals surface area contributed by atoms with Gasteiger partial charge in [0, 0.05) is 24.2 Å². The summed E-state index contributed by atoms with van der Waals surface area (Å²) >= 11 is 1.81. The summed E-state index contributed by atoms with van der Waals surface area (Å²) in [4.78, 5) is 5.70. The van der Waals surface area contributed by atoms with E-state index >= 15 is 0 Å². The van der Waals surface area contributed by atoms with Gasteiger partial charge >= 0.3 is 0 Å². The van der Waals surface area contributed by atoms with Crippen LogP contribution in [0.3, 0.4) is 0 Å². The highest BCUT2D eigenvalue weighted by molar-refractivity contribution is 7.11. The van der Waals surface area contributed by atoms with Gasteiger partial charge < -0.3 is 10.1 Å². The molecule has 0 spiro atoms. The number of hydrogen-bond donors (Lipinski definition) is 1. The van der Waals surface area contributed by atoms with E-state index < -0.39 is 0 Å². The molecular formula is C13H22N2OS. The van der Waals surface area contributed by atoms with E-state index in [1.54, 1.807) is 0 Å². The zero-order valence-corrected chi connectivity index (χ0v) is 11.4. The quantitative estimate of drug-likeness (QED) is 0.793. The molecule has 96 valence electrons. The fourth-order valence-corrected chi connectivity index (χ4v) is 2.93. The van der Waals surface area contributed by atoms with Gasteiger partial charge in [0.05, 0.1) is 11.1 Å². The summed E-state index contributed by atoms with van der Waals surface area (Å²) in [5.41, 5.74) is 0. The van der Waals surface area contributed by atoms with Gasteiger partial charge in [-0.3, -0.25) is 0 Å². The first-order chi connectivity index (χ1) is 8.38. The lowest BCUT2D eigenvalue weighted by Crippen LogP contribution is -2.24. The fourth-order valence-electron chi connectivity index (χ4n) is 2.10. The summed E-state index contributed by atoms with van der Waals surface area (Å²) in [5.74, 6) is 0. The molecule has 0 amide bonds. The molecule has 0 aliphatic carbocycles. The largest absolute Gasteiger partial charge is 0.378 e. The average Bonchev–Trinajstić information content (AvgIpc) is 2.84. The molecule has 1 aliphatic heterocycles. The van der Waals surface area contributed by atoms with E-state index in [1.807, 2.05) is 17.5 Å². The Morgan fingerprint density at radius 1 is 1.53 bits per heavy atom. The van der Waals surface area contributed by atoms with Crippen LogP contribution in [0.4, 0.5) is 0 Å². The molecule has 1 atom stereocenters. The Balaban J connectivity index is 1.59. The Labute approximate surface area is 108 Å². The Morgan fingerprint density at radius 2 is 2.47 bits per heavy atom. The van der Waals surface area contributed by atoms with Gasteiger partial charge in [-0.25, -0.2) is 4.98 Å². The molecule has 1 aromatic heterocycles. The highest BCUT2D eigenvalue weighted by Gasteiger charge is 2.12.